The topological polar surface area (TPSA) is 76.7 Å². The molecule has 0 atom stereocenters. The summed E-state index contributed by atoms with van der Waals surface area (Å²) in [5, 5.41) is 0. The smallest absolute Gasteiger partial charge is 0.248 e. The van der Waals surface area contributed by atoms with Crippen LogP contribution < -0.4 is 10.5 Å². The summed E-state index contributed by atoms with van der Waals surface area (Å²) < 4.78 is 0. The Labute approximate surface area is 141 Å². The van der Waals surface area contributed by atoms with Gasteiger partial charge in [-0.05, 0) is 18.9 Å². The van der Waals surface area contributed by atoms with Gasteiger partial charge in [0.05, 0.1) is 5.69 Å². The van der Waals surface area contributed by atoms with Crippen molar-refractivity contribution in [2.24, 2.45) is 5.92 Å². The first-order valence-corrected chi connectivity index (χ1v) is 8.52. The molecule has 7 heteroatoms. The second-order valence-electron chi connectivity index (χ2n) is 6.50. The van der Waals surface area contributed by atoms with Crippen LogP contribution in [0.5, 0.6) is 0 Å². The van der Waals surface area contributed by atoms with Crippen molar-refractivity contribution in [3.63, 3.8) is 0 Å². The number of likely N-dealkylation sites (tertiary alicyclic amines) is 1. The first-order chi connectivity index (χ1) is 11.5. The quantitative estimate of drug-likeness (QED) is 0.844. The summed E-state index contributed by atoms with van der Waals surface area (Å²) in [6.07, 6.45) is 3.24. The third-order valence-corrected chi connectivity index (χ3v) is 5.01. The van der Waals surface area contributed by atoms with Crippen LogP contribution in [0.1, 0.15) is 19.8 Å². The number of nitrogens with one attached hydrogen (secondary N) is 1. The number of carbonyl (C=O) groups is 2. The normalized spacial score (nSPS) is 19.5. The number of anilines is 1. The largest absolute Gasteiger partial charge is 0.367 e. The van der Waals surface area contributed by atoms with Gasteiger partial charge in [0, 0.05) is 64.4 Å². The van der Waals surface area contributed by atoms with Crippen LogP contribution in [-0.2, 0) is 9.59 Å². The van der Waals surface area contributed by atoms with E-state index in [1.165, 1.54) is 6.07 Å². The van der Waals surface area contributed by atoms with Gasteiger partial charge >= 0.3 is 0 Å². The molecule has 24 heavy (non-hydrogen) atoms. The molecule has 2 amide bonds. The zero-order chi connectivity index (χ0) is 17.1. The molecular weight excluding hydrogens is 308 g/mol. The number of hydrogen-bond acceptors (Lipinski definition) is 4. The maximum absolute atomic E-state index is 12.7. The molecule has 130 valence electrons. The van der Waals surface area contributed by atoms with Crippen LogP contribution in [0, 0.1) is 5.92 Å². The minimum absolute atomic E-state index is 0.0419. The Morgan fingerprint density at radius 3 is 2.21 bits per heavy atom. The molecule has 2 fully saturated rings. The maximum atomic E-state index is 12.7. The summed E-state index contributed by atoms with van der Waals surface area (Å²) in [7, 11) is 0. The van der Waals surface area contributed by atoms with E-state index in [0.717, 1.165) is 31.6 Å². The number of pyridine rings is 1. The maximum Gasteiger partial charge on any atom is 0.248 e. The van der Waals surface area contributed by atoms with Crippen molar-refractivity contribution in [2.45, 2.75) is 19.8 Å². The van der Waals surface area contributed by atoms with Crippen molar-refractivity contribution >= 4 is 17.5 Å². The summed E-state index contributed by atoms with van der Waals surface area (Å²) in [6.45, 7) is 5.88. The van der Waals surface area contributed by atoms with E-state index in [9.17, 15) is 14.4 Å². The average molecular weight is 332 g/mol. The molecule has 1 aromatic rings. The van der Waals surface area contributed by atoms with Crippen LogP contribution in [-0.4, -0.2) is 65.9 Å². The molecule has 7 nitrogen and oxygen atoms in total. The van der Waals surface area contributed by atoms with E-state index in [-0.39, 0.29) is 23.3 Å². The molecule has 0 aliphatic carbocycles. The molecule has 0 bridgehead atoms. The predicted molar refractivity (Wildman–Crippen MR) is 90.8 cm³/mol. The highest BCUT2D eigenvalue weighted by molar-refractivity contribution is 5.80. The lowest BCUT2D eigenvalue weighted by molar-refractivity contribution is -0.140. The van der Waals surface area contributed by atoms with E-state index in [1.54, 1.807) is 13.1 Å². The number of H-pyrrole nitrogens is 1. The number of aromatic nitrogens is 1. The number of rotatable bonds is 2. The molecule has 0 spiro atoms. The fourth-order valence-electron chi connectivity index (χ4n) is 3.48. The van der Waals surface area contributed by atoms with Crippen molar-refractivity contribution < 1.29 is 9.59 Å². The SMILES string of the molecule is CC(=O)N1CCC(C(=O)N2CCN(c3ccc(=O)[nH]c3)CC2)CC1. The van der Waals surface area contributed by atoms with Gasteiger partial charge in [0.1, 0.15) is 0 Å². The fourth-order valence-corrected chi connectivity index (χ4v) is 3.48. The Morgan fingerprint density at radius 2 is 1.67 bits per heavy atom. The van der Waals surface area contributed by atoms with Gasteiger partial charge in [-0.3, -0.25) is 14.4 Å². The standard InChI is InChI=1S/C17H24N4O3/c1-13(22)19-6-4-14(5-7-19)17(24)21-10-8-20(9-11-21)15-2-3-16(23)18-12-15/h2-3,12,14H,4-11H2,1H3,(H,18,23). The average Bonchev–Trinajstić information content (AvgIpc) is 2.62. The fraction of sp³-hybridized carbons (Fsp3) is 0.588. The lowest BCUT2D eigenvalue weighted by Crippen LogP contribution is -2.52. The molecule has 1 aromatic heterocycles. The van der Waals surface area contributed by atoms with Crippen LogP contribution in [0.2, 0.25) is 0 Å². The molecule has 2 saturated heterocycles. The first-order valence-electron chi connectivity index (χ1n) is 8.52. The first kappa shape index (κ1) is 16.5. The minimum atomic E-state index is -0.107. The van der Waals surface area contributed by atoms with Gasteiger partial charge in [-0.2, -0.15) is 0 Å². The Morgan fingerprint density at radius 1 is 1.00 bits per heavy atom. The molecule has 0 aromatic carbocycles. The van der Waals surface area contributed by atoms with Crippen LogP contribution in [0.25, 0.3) is 0 Å². The number of piperidine rings is 1. The molecule has 0 radical (unpaired) electrons. The number of aromatic amines is 1. The van der Waals surface area contributed by atoms with E-state index >= 15 is 0 Å². The van der Waals surface area contributed by atoms with Crippen LogP contribution >= 0.6 is 0 Å². The lowest BCUT2D eigenvalue weighted by atomic mass is 9.95. The highest BCUT2D eigenvalue weighted by Gasteiger charge is 2.31. The highest BCUT2D eigenvalue weighted by Crippen LogP contribution is 2.21. The van der Waals surface area contributed by atoms with Gasteiger partial charge in [0.2, 0.25) is 17.4 Å². The van der Waals surface area contributed by atoms with Crippen molar-refractivity contribution in [1.29, 1.82) is 0 Å². The van der Waals surface area contributed by atoms with E-state index in [1.807, 2.05) is 15.9 Å². The van der Waals surface area contributed by atoms with Crippen molar-refractivity contribution in [3.05, 3.63) is 28.7 Å². The Bertz CT molecular complexity index is 636. The highest BCUT2D eigenvalue weighted by atomic mass is 16.2. The van der Waals surface area contributed by atoms with Gasteiger partial charge in [0.25, 0.3) is 0 Å². The molecule has 0 saturated carbocycles. The van der Waals surface area contributed by atoms with E-state index < -0.39 is 0 Å². The van der Waals surface area contributed by atoms with Crippen molar-refractivity contribution in [1.82, 2.24) is 14.8 Å². The number of amides is 2. The third-order valence-electron chi connectivity index (χ3n) is 5.01. The molecule has 0 unspecified atom stereocenters. The summed E-state index contributed by atoms with van der Waals surface area (Å²) >= 11 is 0. The van der Waals surface area contributed by atoms with E-state index in [2.05, 4.69) is 9.88 Å². The Balaban J connectivity index is 1.51. The Hall–Kier alpha value is -2.31. The summed E-state index contributed by atoms with van der Waals surface area (Å²) in [4.78, 5) is 43.8. The van der Waals surface area contributed by atoms with E-state index in [4.69, 9.17) is 0 Å². The number of piperazine rings is 1. The zero-order valence-electron chi connectivity index (χ0n) is 14.0. The van der Waals surface area contributed by atoms with Gasteiger partial charge in [0.15, 0.2) is 0 Å². The zero-order valence-corrected chi connectivity index (χ0v) is 14.0. The van der Waals surface area contributed by atoms with Gasteiger partial charge < -0.3 is 19.7 Å². The molecule has 3 rings (SSSR count). The van der Waals surface area contributed by atoms with Gasteiger partial charge in [-0.1, -0.05) is 0 Å². The Kier molecular flexibility index (Phi) is 4.87. The second-order valence-corrected chi connectivity index (χ2v) is 6.50. The molecule has 1 N–H and O–H groups in total. The second kappa shape index (κ2) is 7.07. The number of carbonyl (C=O) groups excluding carboxylic acids is 2. The van der Waals surface area contributed by atoms with Crippen LogP contribution in [0.4, 0.5) is 5.69 Å². The van der Waals surface area contributed by atoms with Gasteiger partial charge in [-0.15, -0.1) is 0 Å². The lowest BCUT2D eigenvalue weighted by Gasteiger charge is -2.39. The molecule has 2 aliphatic heterocycles. The predicted octanol–water partition coefficient (Wildman–Crippen LogP) is 0.282. The van der Waals surface area contributed by atoms with E-state index in [0.29, 0.717) is 26.2 Å². The third kappa shape index (κ3) is 3.60. The minimum Gasteiger partial charge on any atom is -0.367 e. The monoisotopic (exact) mass is 332 g/mol. The molecule has 3 heterocycles. The molecule has 2 aliphatic rings. The summed E-state index contributed by atoms with van der Waals surface area (Å²) in [5.41, 5.74) is 0.876. The van der Waals surface area contributed by atoms with Crippen molar-refractivity contribution in [2.75, 3.05) is 44.2 Å². The number of hydrogen-bond donors (Lipinski definition) is 1. The van der Waals surface area contributed by atoms with Crippen LogP contribution in [0.15, 0.2) is 23.1 Å². The van der Waals surface area contributed by atoms with Gasteiger partial charge in [-0.25, -0.2) is 0 Å². The summed E-state index contributed by atoms with van der Waals surface area (Å²) in [6, 6.07) is 3.34. The van der Waals surface area contributed by atoms with Crippen molar-refractivity contribution in [3.8, 4) is 0 Å². The number of nitrogens with zero attached hydrogens (tertiary/aromatic N) is 3. The molecular formula is C17H24N4O3. The summed E-state index contributed by atoms with van der Waals surface area (Å²) in [5.74, 6) is 0.356. The van der Waals surface area contributed by atoms with Crippen LogP contribution in [0.3, 0.4) is 0 Å².